The molecule has 2 rings (SSSR count). The normalized spacial score (nSPS) is 9.71. The third-order valence-corrected chi connectivity index (χ3v) is 3.01. The number of nitriles is 1. The fraction of sp³-hybridized carbons (Fsp3) is 0.125. The molecule has 0 heterocycles. The fourth-order valence-corrected chi connectivity index (χ4v) is 1.78. The molecular formula is C16H15N3O2. The first kappa shape index (κ1) is 14.4. The summed E-state index contributed by atoms with van der Waals surface area (Å²) in [6.07, 6.45) is 0. The summed E-state index contributed by atoms with van der Waals surface area (Å²) in [5, 5.41) is 8.87. The van der Waals surface area contributed by atoms with Gasteiger partial charge in [0.1, 0.15) is 5.75 Å². The molecule has 0 saturated carbocycles. The monoisotopic (exact) mass is 281 g/mol. The third-order valence-electron chi connectivity index (χ3n) is 3.01. The van der Waals surface area contributed by atoms with E-state index in [0.29, 0.717) is 22.7 Å². The number of benzene rings is 2. The van der Waals surface area contributed by atoms with Gasteiger partial charge in [-0.1, -0.05) is 18.2 Å². The molecule has 0 unspecified atom stereocenters. The summed E-state index contributed by atoms with van der Waals surface area (Å²) in [4.78, 5) is 13.5. The highest BCUT2D eigenvalue weighted by Crippen LogP contribution is 2.20. The van der Waals surface area contributed by atoms with Crippen LogP contribution >= 0.6 is 0 Å². The van der Waals surface area contributed by atoms with Gasteiger partial charge in [-0.2, -0.15) is 5.26 Å². The number of para-hydroxylation sites is 2. The zero-order valence-corrected chi connectivity index (χ0v) is 11.6. The van der Waals surface area contributed by atoms with E-state index in [1.54, 1.807) is 55.6 Å². The highest BCUT2D eigenvalue weighted by atomic mass is 16.5. The van der Waals surface area contributed by atoms with Crippen LogP contribution in [0.2, 0.25) is 0 Å². The van der Waals surface area contributed by atoms with Crippen molar-refractivity contribution >= 4 is 17.3 Å². The zero-order chi connectivity index (χ0) is 15.2. The highest BCUT2D eigenvalue weighted by molar-refractivity contribution is 5.94. The van der Waals surface area contributed by atoms with Gasteiger partial charge in [-0.15, -0.1) is 0 Å². The van der Waals surface area contributed by atoms with E-state index in [9.17, 15) is 4.79 Å². The molecule has 5 heteroatoms. The van der Waals surface area contributed by atoms with Crippen molar-refractivity contribution < 1.29 is 9.53 Å². The molecule has 21 heavy (non-hydrogen) atoms. The minimum absolute atomic E-state index is 0.124. The second kappa shape index (κ2) is 6.44. The van der Waals surface area contributed by atoms with Gasteiger partial charge < -0.3 is 15.4 Å². The van der Waals surface area contributed by atoms with Crippen molar-refractivity contribution in [3.8, 4) is 11.8 Å². The maximum Gasteiger partial charge on any atom is 0.264 e. The lowest BCUT2D eigenvalue weighted by Gasteiger charge is -2.18. The molecule has 1 amide bonds. The van der Waals surface area contributed by atoms with Crippen LogP contribution in [0, 0.1) is 11.3 Å². The Labute approximate surface area is 123 Å². The van der Waals surface area contributed by atoms with Crippen LogP contribution in [-0.4, -0.2) is 19.6 Å². The molecule has 0 saturated heterocycles. The quantitative estimate of drug-likeness (QED) is 0.871. The largest absolute Gasteiger partial charge is 0.482 e. The summed E-state index contributed by atoms with van der Waals surface area (Å²) >= 11 is 0. The average molecular weight is 281 g/mol. The molecule has 5 nitrogen and oxygen atoms in total. The molecule has 0 bridgehead atoms. The van der Waals surface area contributed by atoms with E-state index in [4.69, 9.17) is 15.7 Å². The summed E-state index contributed by atoms with van der Waals surface area (Å²) < 4.78 is 5.42. The maximum atomic E-state index is 12.1. The smallest absolute Gasteiger partial charge is 0.264 e. The van der Waals surface area contributed by atoms with Crippen molar-refractivity contribution in [2.75, 3.05) is 24.3 Å². The van der Waals surface area contributed by atoms with Crippen LogP contribution in [0.15, 0.2) is 48.5 Å². The zero-order valence-electron chi connectivity index (χ0n) is 11.6. The standard InChI is InChI=1S/C16H15N3O2/c1-19(13-6-4-5-12(9-13)10-17)16(20)11-21-15-8-3-2-7-14(15)18/h2-9H,11,18H2,1H3. The number of carbonyl (C=O) groups excluding carboxylic acids is 1. The number of anilines is 2. The van der Waals surface area contributed by atoms with E-state index < -0.39 is 0 Å². The summed E-state index contributed by atoms with van der Waals surface area (Å²) in [6, 6.07) is 15.9. The van der Waals surface area contributed by atoms with Crippen molar-refractivity contribution in [2.45, 2.75) is 0 Å². The van der Waals surface area contributed by atoms with Gasteiger partial charge in [0.2, 0.25) is 0 Å². The van der Waals surface area contributed by atoms with E-state index in [1.807, 2.05) is 6.07 Å². The Morgan fingerprint density at radius 1 is 1.29 bits per heavy atom. The molecule has 0 atom stereocenters. The second-order valence-corrected chi connectivity index (χ2v) is 4.44. The fourth-order valence-electron chi connectivity index (χ4n) is 1.78. The lowest BCUT2D eigenvalue weighted by atomic mass is 10.2. The number of nitrogens with zero attached hydrogens (tertiary/aromatic N) is 2. The first-order valence-electron chi connectivity index (χ1n) is 6.36. The SMILES string of the molecule is CN(C(=O)COc1ccccc1N)c1cccc(C#N)c1. The van der Waals surface area contributed by atoms with Crippen molar-refractivity contribution in [2.24, 2.45) is 0 Å². The molecule has 2 aromatic rings. The Balaban J connectivity index is 2.03. The Bertz CT molecular complexity index is 692. The predicted molar refractivity (Wildman–Crippen MR) is 80.9 cm³/mol. The number of rotatable bonds is 4. The Morgan fingerprint density at radius 3 is 2.76 bits per heavy atom. The van der Waals surface area contributed by atoms with Gasteiger partial charge in [0.25, 0.3) is 5.91 Å². The minimum atomic E-state index is -0.228. The van der Waals surface area contributed by atoms with Crippen LogP contribution in [0.25, 0.3) is 0 Å². The molecule has 0 aliphatic heterocycles. The Hall–Kier alpha value is -3.00. The van der Waals surface area contributed by atoms with E-state index in [2.05, 4.69) is 0 Å². The number of hydrogen-bond acceptors (Lipinski definition) is 4. The summed E-state index contributed by atoms with van der Waals surface area (Å²) in [5.41, 5.74) is 7.37. The van der Waals surface area contributed by atoms with Crippen molar-refractivity contribution in [1.82, 2.24) is 0 Å². The third kappa shape index (κ3) is 3.51. The van der Waals surface area contributed by atoms with Crippen molar-refractivity contribution in [3.63, 3.8) is 0 Å². The van der Waals surface area contributed by atoms with E-state index >= 15 is 0 Å². The molecule has 0 radical (unpaired) electrons. The van der Waals surface area contributed by atoms with Crippen LogP contribution in [0.5, 0.6) is 5.75 Å². The summed E-state index contributed by atoms with van der Waals surface area (Å²) in [7, 11) is 1.64. The van der Waals surface area contributed by atoms with Gasteiger partial charge in [-0.25, -0.2) is 0 Å². The van der Waals surface area contributed by atoms with Crippen LogP contribution in [0.1, 0.15) is 5.56 Å². The molecule has 0 aliphatic carbocycles. The molecule has 0 aromatic heterocycles. The lowest BCUT2D eigenvalue weighted by Crippen LogP contribution is -2.31. The topological polar surface area (TPSA) is 79.3 Å². The number of nitrogens with two attached hydrogens (primary N) is 1. The highest BCUT2D eigenvalue weighted by Gasteiger charge is 2.12. The molecule has 0 spiro atoms. The molecule has 2 N–H and O–H groups in total. The molecular weight excluding hydrogens is 266 g/mol. The van der Waals surface area contributed by atoms with Crippen LogP contribution in [0.3, 0.4) is 0 Å². The Kier molecular flexibility index (Phi) is 4.42. The van der Waals surface area contributed by atoms with Crippen LogP contribution in [-0.2, 0) is 4.79 Å². The molecule has 106 valence electrons. The van der Waals surface area contributed by atoms with Gasteiger partial charge in [0.05, 0.1) is 17.3 Å². The van der Waals surface area contributed by atoms with Crippen molar-refractivity contribution in [1.29, 1.82) is 5.26 Å². The summed E-state index contributed by atoms with van der Waals surface area (Å²) in [6.45, 7) is -0.124. The lowest BCUT2D eigenvalue weighted by molar-refractivity contribution is -0.120. The number of likely N-dealkylation sites (N-methyl/N-ethyl adjacent to an activating group) is 1. The van der Waals surface area contributed by atoms with Gasteiger partial charge in [-0.3, -0.25) is 4.79 Å². The number of carbonyl (C=O) groups is 1. The molecule has 0 fully saturated rings. The number of ether oxygens (including phenoxy) is 1. The first-order chi connectivity index (χ1) is 10.1. The van der Waals surface area contributed by atoms with E-state index in [0.717, 1.165) is 0 Å². The van der Waals surface area contributed by atoms with E-state index in [1.165, 1.54) is 4.90 Å². The van der Waals surface area contributed by atoms with Gasteiger partial charge in [-0.05, 0) is 30.3 Å². The van der Waals surface area contributed by atoms with Crippen LogP contribution < -0.4 is 15.4 Å². The number of hydrogen-bond donors (Lipinski definition) is 1. The van der Waals surface area contributed by atoms with E-state index in [-0.39, 0.29) is 12.5 Å². The second-order valence-electron chi connectivity index (χ2n) is 4.44. The van der Waals surface area contributed by atoms with Gasteiger partial charge in [0, 0.05) is 12.7 Å². The molecule has 0 aliphatic rings. The number of amides is 1. The van der Waals surface area contributed by atoms with Gasteiger partial charge in [0.15, 0.2) is 6.61 Å². The minimum Gasteiger partial charge on any atom is -0.482 e. The van der Waals surface area contributed by atoms with Crippen LogP contribution in [0.4, 0.5) is 11.4 Å². The maximum absolute atomic E-state index is 12.1. The number of nitrogen functional groups attached to an aromatic ring is 1. The average Bonchev–Trinajstić information content (AvgIpc) is 2.53. The predicted octanol–water partition coefficient (Wildman–Crippen LogP) is 2.18. The Morgan fingerprint density at radius 2 is 2.05 bits per heavy atom. The molecule has 2 aromatic carbocycles. The summed E-state index contributed by atoms with van der Waals surface area (Å²) in [5.74, 6) is 0.248. The van der Waals surface area contributed by atoms with Gasteiger partial charge >= 0.3 is 0 Å². The first-order valence-corrected chi connectivity index (χ1v) is 6.36. The van der Waals surface area contributed by atoms with Crippen molar-refractivity contribution in [3.05, 3.63) is 54.1 Å².